The zero-order valence-corrected chi connectivity index (χ0v) is 17.6. The number of fused-ring (bicyclic) bond motifs is 1. The molecule has 0 atom stereocenters. The molecule has 8 heteroatoms. The highest BCUT2D eigenvalue weighted by atomic mass is 32.1. The van der Waals surface area contributed by atoms with Crippen LogP contribution in [0.4, 0.5) is 5.82 Å². The van der Waals surface area contributed by atoms with Crippen LogP contribution in [0.25, 0.3) is 5.65 Å². The number of aromatic nitrogens is 3. The Morgan fingerprint density at radius 3 is 2.77 bits per heavy atom. The molecule has 4 heterocycles. The van der Waals surface area contributed by atoms with Gasteiger partial charge in [0, 0.05) is 37.0 Å². The van der Waals surface area contributed by atoms with Gasteiger partial charge >= 0.3 is 0 Å². The lowest BCUT2D eigenvalue weighted by Gasteiger charge is -2.28. The van der Waals surface area contributed by atoms with Gasteiger partial charge in [-0.25, -0.2) is 9.97 Å². The number of hydrogen-bond donors (Lipinski definition) is 0. The molecule has 5 rings (SSSR count). The van der Waals surface area contributed by atoms with Gasteiger partial charge in [0.25, 0.3) is 5.56 Å². The Morgan fingerprint density at radius 2 is 2.03 bits per heavy atom. The number of anilines is 1. The van der Waals surface area contributed by atoms with Gasteiger partial charge in [-0.15, -0.1) is 11.3 Å². The predicted molar refractivity (Wildman–Crippen MR) is 116 cm³/mol. The summed E-state index contributed by atoms with van der Waals surface area (Å²) in [4.78, 5) is 35.9. The molecule has 2 aliphatic rings. The lowest BCUT2D eigenvalue weighted by Crippen LogP contribution is -2.39. The normalized spacial score (nSPS) is 17.3. The summed E-state index contributed by atoms with van der Waals surface area (Å²) in [5.74, 6) is 1.12. The average molecular weight is 425 g/mol. The maximum Gasteiger partial charge on any atom is 0.270 e. The molecule has 1 saturated heterocycles. The standard InChI is InChI=1S/C22H24N4O3S/c27-13-17-21(25-8-10-29-11-9-25)24-19-12-15(6-7-26(19)22(17)28)4-5-20-23-18(14-30-20)16-2-1-3-16/h6-7,12-14,16H,1-5,8-11H2. The topological polar surface area (TPSA) is 76.8 Å². The number of rotatable bonds is 6. The SMILES string of the molecule is O=Cc1c(N2CCOCC2)nc2cc(CCc3nc(C4CCC4)cs3)ccn2c1=O. The molecule has 1 aliphatic carbocycles. The summed E-state index contributed by atoms with van der Waals surface area (Å²) in [5, 5.41) is 3.36. The summed E-state index contributed by atoms with van der Waals surface area (Å²) in [6, 6.07) is 3.87. The van der Waals surface area contributed by atoms with Gasteiger partial charge in [0.05, 0.1) is 23.9 Å². The van der Waals surface area contributed by atoms with Gasteiger partial charge in [-0.1, -0.05) is 6.42 Å². The van der Waals surface area contributed by atoms with Gasteiger partial charge in [-0.05, 0) is 37.0 Å². The van der Waals surface area contributed by atoms with E-state index in [1.54, 1.807) is 17.5 Å². The minimum atomic E-state index is -0.326. The number of ether oxygens (including phenoxy) is 1. The van der Waals surface area contributed by atoms with Crippen molar-refractivity contribution in [3.63, 3.8) is 0 Å². The van der Waals surface area contributed by atoms with E-state index in [9.17, 15) is 9.59 Å². The van der Waals surface area contributed by atoms with E-state index in [0.29, 0.717) is 50.0 Å². The van der Waals surface area contributed by atoms with E-state index in [1.807, 2.05) is 17.0 Å². The Balaban J connectivity index is 1.40. The summed E-state index contributed by atoms with van der Waals surface area (Å²) in [7, 11) is 0. The van der Waals surface area contributed by atoms with Crippen molar-refractivity contribution in [2.75, 3.05) is 31.2 Å². The molecule has 0 bridgehead atoms. The lowest BCUT2D eigenvalue weighted by atomic mass is 9.83. The van der Waals surface area contributed by atoms with Crippen LogP contribution in [0.3, 0.4) is 0 Å². The Bertz CT molecular complexity index is 1130. The predicted octanol–water partition coefficient (Wildman–Crippen LogP) is 2.85. The molecule has 3 aromatic heterocycles. The second-order valence-corrected chi connectivity index (χ2v) is 8.87. The minimum Gasteiger partial charge on any atom is -0.378 e. The van der Waals surface area contributed by atoms with Crippen LogP contribution < -0.4 is 10.5 Å². The first-order valence-corrected chi connectivity index (χ1v) is 11.4. The van der Waals surface area contributed by atoms with E-state index >= 15 is 0 Å². The molecule has 0 unspecified atom stereocenters. The van der Waals surface area contributed by atoms with Crippen molar-refractivity contribution < 1.29 is 9.53 Å². The Hall–Kier alpha value is -2.58. The van der Waals surface area contributed by atoms with Gasteiger partial charge in [0.2, 0.25) is 0 Å². The van der Waals surface area contributed by atoms with E-state index in [-0.39, 0.29) is 11.1 Å². The van der Waals surface area contributed by atoms with E-state index in [0.717, 1.165) is 23.4 Å². The number of morpholine rings is 1. The molecule has 30 heavy (non-hydrogen) atoms. The molecule has 1 aliphatic heterocycles. The van der Waals surface area contributed by atoms with Crippen molar-refractivity contribution >= 4 is 29.1 Å². The fourth-order valence-corrected chi connectivity index (χ4v) is 4.92. The molecule has 1 saturated carbocycles. The summed E-state index contributed by atoms with van der Waals surface area (Å²) < 4.78 is 6.84. The fourth-order valence-electron chi connectivity index (χ4n) is 4.04. The lowest BCUT2D eigenvalue weighted by molar-refractivity contribution is 0.111. The van der Waals surface area contributed by atoms with Crippen molar-refractivity contribution in [3.8, 4) is 0 Å². The molecule has 7 nitrogen and oxygen atoms in total. The van der Waals surface area contributed by atoms with E-state index in [4.69, 9.17) is 9.72 Å². The van der Waals surface area contributed by atoms with Crippen LogP contribution in [0.2, 0.25) is 0 Å². The van der Waals surface area contributed by atoms with Gasteiger partial charge < -0.3 is 9.64 Å². The number of carbonyl (C=O) groups excluding carboxylic acids is 1. The van der Waals surface area contributed by atoms with Crippen molar-refractivity contribution in [2.45, 2.75) is 38.0 Å². The highest BCUT2D eigenvalue weighted by molar-refractivity contribution is 7.09. The van der Waals surface area contributed by atoms with E-state index < -0.39 is 0 Å². The second-order valence-electron chi connectivity index (χ2n) is 7.93. The molecule has 2 fully saturated rings. The van der Waals surface area contributed by atoms with Crippen molar-refractivity contribution in [1.82, 2.24) is 14.4 Å². The number of nitrogens with zero attached hydrogens (tertiary/aromatic N) is 4. The van der Waals surface area contributed by atoms with Crippen molar-refractivity contribution in [2.24, 2.45) is 0 Å². The van der Waals surface area contributed by atoms with Gasteiger partial charge in [-0.3, -0.25) is 14.0 Å². The first-order chi connectivity index (χ1) is 14.7. The quantitative estimate of drug-likeness (QED) is 0.567. The molecule has 0 N–H and O–H groups in total. The zero-order valence-electron chi connectivity index (χ0n) is 16.7. The molecule has 3 aromatic rings. The van der Waals surface area contributed by atoms with Crippen LogP contribution in [0.1, 0.15) is 51.8 Å². The highest BCUT2D eigenvalue weighted by Gasteiger charge is 2.22. The monoisotopic (exact) mass is 424 g/mol. The summed E-state index contributed by atoms with van der Waals surface area (Å²) in [6.07, 6.45) is 7.90. The molecule has 156 valence electrons. The van der Waals surface area contributed by atoms with Crippen LogP contribution in [-0.2, 0) is 17.6 Å². The molecule has 0 amide bonds. The minimum absolute atomic E-state index is 0.105. The Labute approximate surface area is 178 Å². The first-order valence-electron chi connectivity index (χ1n) is 10.5. The van der Waals surface area contributed by atoms with E-state index in [2.05, 4.69) is 10.4 Å². The zero-order chi connectivity index (χ0) is 20.5. The smallest absolute Gasteiger partial charge is 0.270 e. The highest BCUT2D eigenvalue weighted by Crippen LogP contribution is 2.36. The fraction of sp³-hybridized carbons (Fsp3) is 0.455. The van der Waals surface area contributed by atoms with Gasteiger partial charge in [-0.2, -0.15) is 0 Å². The van der Waals surface area contributed by atoms with Gasteiger partial charge in [0.1, 0.15) is 17.0 Å². The number of pyridine rings is 1. The Morgan fingerprint density at radius 1 is 1.20 bits per heavy atom. The van der Waals surface area contributed by atoms with Crippen LogP contribution in [-0.4, -0.2) is 47.0 Å². The average Bonchev–Trinajstić information content (AvgIpc) is 3.19. The largest absolute Gasteiger partial charge is 0.378 e. The molecule has 0 aromatic carbocycles. The summed E-state index contributed by atoms with van der Waals surface area (Å²) >= 11 is 1.74. The first kappa shape index (κ1) is 19.4. The Kier molecular flexibility index (Phi) is 5.35. The van der Waals surface area contributed by atoms with Crippen LogP contribution in [0.15, 0.2) is 28.5 Å². The second kappa shape index (κ2) is 8.28. The molecular weight excluding hydrogens is 400 g/mol. The van der Waals surface area contributed by atoms with E-state index in [1.165, 1.54) is 29.4 Å². The van der Waals surface area contributed by atoms with Gasteiger partial charge in [0.15, 0.2) is 6.29 Å². The number of thiazole rings is 1. The van der Waals surface area contributed by atoms with Crippen LogP contribution in [0.5, 0.6) is 0 Å². The molecular formula is C22H24N4O3S. The van der Waals surface area contributed by atoms with Crippen molar-refractivity contribution in [3.05, 3.63) is 55.9 Å². The van der Waals surface area contributed by atoms with Crippen LogP contribution in [0, 0.1) is 0 Å². The number of aldehydes is 1. The third-order valence-electron chi connectivity index (χ3n) is 6.06. The maximum absolute atomic E-state index is 12.8. The summed E-state index contributed by atoms with van der Waals surface area (Å²) in [5.41, 5.74) is 2.71. The number of hydrogen-bond acceptors (Lipinski definition) is 7. The third-order valence-corrected chi connectivity index (χ3v) is 6.99. The third kappa shape index (κ3) is 3.65. The van der Waals surface area contributed by atoms with Crippen LogP contribution >= 0.6 is 11.3 Å². The molecule has 0 spiro atoms. The number of aryl methyl sites for hydroxylation is 2. The maximum atomic E-state index is 12.8. The van der Waals surface area contributed by atoms with Crippen molar-refractivity contribution in [1.29, 1.82) is 0 Å². The number of carbonyl (C=O) groups is 1. The molecule has 0 radical (unpaired) electrons. The summed E-state index contributed by atoms with van der Waals surface area (Å²) in [6.45, 7) is 2.37.